The van der Waals surface area contributed by atoms with Crippen molar-refractivity contribution >= 4 is 51.3 Å². The molecule has 1 aromatic carbocycles. The molecule has 39 heavy (non-hydrogen) atoms. The molecule has 1 aliphatic rings. The van der Waals surface area contributed by atoms with Gasteiger partial charge < -0.3 is 19.1 Å². The van der Waals surface area contributed by atoms with E-state index in [-0.39, 0.29) is 11.3 Å². The fourth-order valence-electron chi connectivity index (χ4n) is 4.96. The molecule has 1 amide bonds. The van der Waals surface area contributed by atoms with Crippen LogP contribution in [0.4, 0.5) is 5.00 Å². The molecule has 9 heteroatoms. The van der Waals surface area contributed by atoms with Crippen LogP contribution in [0.2, 0.25) is 0 Å². The summed E-state index contributed by atoms with van der Waals surface area (Å²) in [7, 11) is 0. The van der Waals surface area contributed by atoms with Crippen LogP contribution in [0.15, 0.2) is 78.9 Å². The lowest BCUT2D eigenvalue weighted by atomic mass is 9.72. The molecular formula is C30H30N4O3S2. The van der Waals surface area contributed by atoms with Gasteiger partial charge in [-0.2, -0.15) is 0 Å². The predicted molar refractivity (Wildman–Crippen MR) is 155 cm³/mol. The Morgan fingerprint density at radius 3 is 2.90 bits per heavy atom. The number of furan rings is 2. The van der Waals surface area contributed by atoms with E-state index in [1.54, 1.807) is 23.8 Å². The van der Waals surface area contributed by atoms with Crippen LogP contribution in [0.25, 0.3) is 11.0 Å². The summed E-state index contributed by atoms with van der Waals surface area (Å²) in [6.45, 7) is 7.23. The van der Waals surface area contributed by atoms with E-state index in [4.69, 9.17) is 13.8 Å². The first-order valence-electron chi connectivity index (χ1n) is 13.0. The molecule has 0 saturated heterocycles. The van der Waals surface area contributed by atoms with Gasteiger partial charge in [-0.15, -0.1) is 11.3 Å². The van der Waals surface area contributed by atoms with E-state index in [9.17, 15) is 4.79 Å². The maximum atomic E-state index is 13.4. The van der Waals surface area contributed by atoms with Crippen molar-refractivity contribution in [3.05, 3.63) is 82.3 Å². The molecule has 0 fully saturated rings. The molecule has 0 bridgehead atoms. The number of H-pyrrole nitrogens is 1. The van der Waals surface area contributed by atoms with Crippen LogP contribution in [0.1, 0.15) is 59.5 Å². The van der Waals surface area contributed by atoms with Crippen LogP contribution < -0.4 is 5.32 Å². The minimum absolute atomic E-state index is 0.120. The summed E-state index contributed by atoms with van der Waals surface area (Å²) < 4.78 is 11.4. The quantitative estimate of drug-likeness (QED) is 0.199. The van der Waals surface area contributed by atoms with E-state index in [2.05, 4.69) is 36.1 Å². The number of aromatic amines is 1. The number of rotatable bonds is 7. The number of nitrogens with one attached hydrogen (secondary N) is 2. The summed E-state index contributed by atoms with van der Waals surface area (Å²) in [4.78, 5) is 27.3. The Bertz CT molecular complexity index is 1600. The number of nitrogens with zero attached hydrogens (tertiary/aromatic N) is 2. The van der Waals surface area contributed by atoms with E-state index >= 15 is 0 Å². The number of para-hydroxylation sites is 2. The Morgan fingerprint density at radius 1 is 1.23 bits per heavy atom. The average molecular weight is 559 g/mol. The fourth-order valence-corrected chi connectivity index (χ4v) is 7.00. The Balaban J connectivity index is 1.24. The highest BCUT2D eigenvalue weighted by molar-refractivity contribution is 7.99. The van der Waals surface area contributed by atoms with Gasteiger partial charge in [0.2, 0.25) is 0 Å². The standard InChI is InChI=1S/C30H30N4O3S2/c1-30(2,3)18-10-12-21-24(15-18)38-28(26(21)27(35)31-16-19-7-6-14-36-19)32-17-20-11-13-25(37-20)39-29-33-22-8-4-5-9-23(22)34-29/h4-9,11,13-14,17-18H,10,12,15-16H2,1-3H3,(H,31,35)(H,33,34)/t18-/m0/s1. The van der Waals surface area contributed by atoms with Crippen LogP contribution in [-0.4, -0.2) is 22.1 Å². The number of hydrogen-bond donors (Lipinski definition) is 2. The highest BCUT2D eigenvalue weighted by Gasteiger charge is 2.33. The third-order valence-electron chi connectivity index (χ3n) is 7.18. The molecular weight excluding hydrogens is 528 g/mol. The van der Waals surface area contributed by atoms with Gasteiger partial charge in [0.15, 0.2) is 10.2 Å². The van der Waals surface area contributed by atoms with Gasteiger partial charge >= 0.3 is 0 Å². The molecule has 0 radical (unpaired) electrons. The van der Waals surface area contributed by atoms with Crippen molar-refractivity contribution in [2.45, 2.75) is 56.8 Å². The van der Waals surface area contributed by atoms with Gasteiger partial charge in [-0.3, -0.25) is 4.79 Å². The zero-order chi connectivity index (χ0) is 27.0. The van der Waals surface area contributed by atoms with Gasteiger partial charge in [0.1, 0.15) is 16.5 Å². The van der Waals surface area contributed by atoms with E-state index in [0.29, 0.717) is 28.9 Å². The maximum Gasteiger partial charge on any atom is 0.255 e. The molecule has 0 aliphatic heterocycles. The van der Waals surface area contributed by atoms with Gasteiger partial charge in [-0.05, 0) is 84.3 Å². The van der Waals surface area contributed by atoms with Crippen LogP contribution >= 0.6 is 23.1 Å². The second-order valence-corrected chi connectivity index (χ2v) is 12.9. The topological polar surface area (TPSA) is 96.4 Å². The minimum Gasteiger partial charge on any atom is -0.467 e. The SMILES string of the molecule is CC(C)(C)[C@H]1CCc2c(sc(N=Cc3ccc(Sc4nc5ccccc5[nH]4)o3)c2C(=O)NCc2ccco2)C1. The number of benzene rings is 1. The van der Waals surface area contributed by atoms with Gasteiger partial charge in [-0.1, -0.05) is 32.9 Å². The van der Waals surface area contributed by atoms with Crippen molar-refractivity contribution in [1.82, 2.24) is 15.3 Å². The summed E-state index contributed by atoms with van der Waals surface area (Å²) in [5.41, 5.74) is 3.93. The van der Waals surface area contributed by atoms with E-state index < -0.39 is 0 Å². The summed E-state index contributed by atoms with van der Waals surface area (Å²) in [6, 6.07) is 15.4. The molecule has 6 rings (SSSR count). The van der Waals surface area contributed by atoms with Crippen molar-refractivity contribution in [3.63, 3.8) is 0 Å². The lowest BCUT2D eigenvalue weighted by Crippen LogP contribution is -2.28. The number of aromatic nitrogens is 2. The second kappa shape index (κ2) is 10.5. The van der Waals surface area contributed by atoms with Crippen molar-refractivity contribution < 1.29 is 13.6 Å². The first-order chi connectivity index (χ1) is 18.8. The van der Waals surface area contributed by atoms with Crippen LogP contribution in [0.5, 0.6) is 0 Å². The summed E-state index contributed by atoms with van der Waals surface area (Å²) in [5.74, 6) is 1.79. The number of carbonyl (C=O) groups excluding carboxylic acids is 1. The summed E-state index contributed by atoms with van der Waals surface area (Å²) in [6.07, 6.45) is 6.22. The number of thiophene rings is 1. The highest BCUT2D eigenvalue weighted by Crippen LogP contribution is 2.45. The molecule has 5 aromatic rings. The zero-order valence-corrected chi connectivity index (χ0v) is 23.7. The first kappa shape index (κ1) is 25.7. The summed E-state index contributed by atoms with van der Waals surface area (Å²) >= 11 is 3.05. The number of fused-ring (bicyclic) bond motifs is 2. The molecule has 1 atom stereocenters. The molecule has 4 aromatic heterocycles. The normalized spacial score (nSPS) is 15.7. The molecule has 0 unspecified atom stereocenters. The average Bonchev–Trinajstić information content (AvgIpc) is 3.71. The van der Waals surface area contributed by atoms with E-state index in [1.165, 1.54) is 16.6 Å². The van der Waals surface area contributed by atoms with Gasteiger partial charge in [-0.25, -0.2) is 9.98 Å². The smallest absolute Gasteiger partial charge is 0.255 e. The molecule has 2 N–H and O–H groups in total. The van der Waals surface area contributed by atoms with Gasteiger partial charge in [0, 0.05) is 4.88 Å². The van der Waals surface area contributed by atoms with Crippen LogP contribution in [-0.2, 0) is 19.4 Å². The maximum absolute atomic E-state index is 13.4. The highest BCUT2D eigenvalue weighted by atomic mass is 32.2. The van der Waals surface area contributed by atoms with Gasteiger partial charge in [0.25, 0.3) is 5.91 Å². The zero-order valence-electron chi connectivity index (χ0n) is 22.1. The summed E-state index contributed by atoms with van der Waals surface area (Å²) in [5, 5.41) is 5.22. The lowest BCUT2D eigenvalue weighted by Gasteiger charge is -2.33. The van der Waals surface area contributed by atoms with Gasteiger partial charge in [0.05, 0.1) is 35.6 Å². The largest absolute Gasteiger partial charge is 0.467 e. The monoisotopic (exact) mass is 558 g/mol. The third-order valence-corrected chi connectivity index (χ3v) is 9.15. The molecule has 0 spiro atoms. The number of hydrogen-bond acceptors (Lipinski definition) is 7. The fraction of sp³-hybridized carbons (Fsp3) is 0.300. The molecule has 0 saturated carbocycles. The Labute approximate surface area is 235 Å². The predicted octanol–water partition coefficient (Wildman–Crippen LogP) is 7.79. The van der Waals surface area contributed by atoms with Crippen molar-refractivity contribution in [2.75, 3.05) is 0 Å². The molecule has 4 heterocycles. The minimum atomic E-state index is -0.120. The molecule has 7 nitrogen and oxygen atoms in total. The number of imidazole rings is 1. The van der Waals surface area contributed by atoms with Crippen LogP contribution in [0.3, 0.4) is 0 Å². The molecule has 1 aliphatic carbocycles. The van der Waals surface area contributed by atoms with Crippen molar-refractivity contribution in [3.8, 4) is 0 Å². The van der Waals surface area contributed by atoms with Crippen molar-refractivity contribution in [1.29, 1.82) is 0 Å². The molecule has 200 valence electrons. The number of carbonyl (C=O) groups is 1. The Morgan fingerprint density at radius 2 is 2.10 bits per heavy atom. The number of amides is 1. The lowest BCUT2D eigenvalue weighted by molar-refractivity contribution is 0.0947. The Kier molecular flexibility index (Phi) is 6.95. The Hall–Kier alpha value is -3.56. The third kappa shape index (κ3) is 5.60. The number of aliphatic imine (C=N–C) groups is 1. The van der Waals surface area contributed by atoms with Crippen LogP contribution in [0, 0.1) is 11.3 Å². The first-order valence-corrected chi connectivity index (χ1v) is 14.7. The van der Waals surface area contributed by atoms with Crippen molar-refractivity contribution in [2.24, 2.45) is 16.3 Å². The van der Waals surface area contributed by atoms with E-state index in [0.717, 1.165) is 51.8 Å². The van der Waals surface area contributed by atoms with E-state index in [1.807, 2.05) is 48.5 Å². The second-order valence-electron chi connectivity index (χ2n) is 10.8.